The lowest BCUT2D eigenvalue weighted by molar-refractivity contribution is -0.116. The van der Waals surface area contributed by atoms with Crippen LogP contribution in [0.1, 0.15) is 29.9 Å². The lowest BCUT2D eigenvalue weighted by Gasteiger charge is -2.28. The number of carbonyl (C=O) groups excluding carboxylic acids is 1. The Bertz CT molecular complexity index is 1570. The summed E-state index contributed by atoms with van der Waals surface area (Å²) in [5.41, 5.74) is 3.34. The first-order valence-corrected chi connectivity index (χ1v) is 13.4. The second-order valence-corrected chi connectivity index (χ2v) is 10.3. The van der Waals surface area contributed by atoms with Crippen molar-refractivity contribution < 1.29 is 9.18 Å². The number of para-hydroxylation sites is 1. The SMILES string of the molecule is O=C(CCN1C(=S)N[C@@H](c2ccccn2)[C@H]1c1cccn1-c1nc2ccccc2s1)Nc1ccc(F)cc1. The van der Waals surface area contributed by atoms with Gasteiger partial charge in [0.15, 0.2) is 10.2 Å². The Balaban J connectivity index is 1.31. The lowest BCUT2D eigenvalue weighted by atomic mass is 10.0. The average molecular weight is 543 g/mol. The van der Waals surface area contributed by atoms with Crippen molar-refractivity contribution in [2.75, 3.05) is 11.9 Å². The molecule has 1 saturated heterocycles. The zero-order chi connectivity index (χ0) is 26.1. The van der Waals surface area contributed by atoms with Gasteiger partial charge in [0.25, 0.3) is 0 Å². The van der Waals surface area contributed by atoms with Gasteiger partial charge in [0.2, 0.25) is 5.91 Å². The number of nitrogens with zero attached hydrogens (tertiary/aromatic N) is 4. The number of pyridine rings is 1. The number of hydrogen-bond donors (Lipinski definition) is 2. The van der Waals surface area contributed by atoms with Crippen LogP contribution in [0.5, 0.6) is 0 Å². The van der Waals surface area contributed by atoms with Crippen LogP contribution in [0, 0.1) is 5.82 Å². The van der Waals surface area contributed by atoms with Crippen LogP contribution in [0.3, 0.4) is 0 Å². The van der Waals surface area contributed by atoms with Gasteiger partial charge in [-0.3, -0.25) is 14.3 Å². The Morgan fingerprint density at radius 1 is 1.05 bits per heavy atom. The molecule has 0 aliphatic carbocycles. The molecule has 0 spiro atoms. The van der Waals surface area contributed by atoms with Crippen molar-refractivity contribution in [3.8, 4) is 5.13 Å². The molecular weight excluding hydrogens is 519 g/mol. The summed E-state index contributed by atoms with van der Waals surface area (Å²) in [5.74, 6) is -0.531. The minimum atomic E-state index is -0.351. The molecule has 0 bridgehead atoms. The predicted molar refractivity (Wildman–Crippen MR) is 151 cm³/mol. The van der Waals surface area contributed by atoms with E-state index in [-0.39, 0.29) is 30.2 Å². The van der Waals surface area contributed by atoms with Crippen molar-refractivity contribution in [3.05, 3.63) is 108 Å². The molecule has 1 fully saturated rings. The number of thiocarbonyl (C=S) groups is 1. The zero-order valence-electron chi connectivity index (χ0n) is 20.1. The molecule has 1 aliphatic rings. The van der Waals surface area contributed by atoms with Crippen LogP contribution in [0.2, 0.25) is 0 Å². The van der Waals surface area contributed by atoms with E-state index in [1.807, 2.05) is 53.6 Å². The number of fused-ring (bicyclic) bond motifs is 1. The summed E-state index contributed by atoms with van der Waals surface area (Å²) < 4.78 is 16.4. The normalized spacial score (nSPS) is 17.1. The third-order valence-corrected chi connectivity index (χ3v) is 7.87. The number of hydrogen-bond acceptors (Lipinski definition) is 5. The second kappa shape index (κ2) is 10.3. The molecule has 3 aromatic heterocycles. The van der Waals surface area contributed by atoms with E-state index in [1.54, 1.807) is 29.7 Å². The molecule has 5 aromatic rings. The van der Waals surface area contributed by atoms with Gasteiger partial charge in [0.1, 0.15) is 5.82 Å². The Hall–Kier alpha value is -4.15. The molecule has 2 aromatic carbocycles. The molecule has 38 heavy (non-hydrogen) atoms. The van der Waals surface area contributed by atoms with Crippen molar-refractivity contribution >= 4 is 50.5 Å². The van der Waals surface area contributed by atoms with Crippen molar-refractivity contribution in [2.45, 2.75) is 18.5 Å². The summed E-state index contributed by atoms with van der Waals surface area (Å²) in [7, 11) is 0. The Labute approximate surface area is 228 Å². The van der Waals surface area contributed by atoms with Crippen molar-refractivity contribution in [1.82, 2.24) is 24.8 Å². The van der Waals surface area contributed by atoms with Gasteiger partial charge in [-0.05, 0) is 72.9 Å². The van der Waals surface area contributed by atoms with Crippen LogP contribution >= 0.6 is 23.6 Å². The highest BCUT2D eigenvalue weighted by molar-refractivity contribution is 7.80. The van der Waals surface area contributed by atoms with Crippen LogP contribution in [0.4, 0.5) is 10.1 Å². The molecule has 10 heteroatoms. The van der Waals surface area contributed by atoms with E-state index in [0.29, 0.717) is 17.3 Å². The smallest absolute Gasteiger partial charge is 0.226 e. The summed E-state index contributed by atoms with van der Waals surface area (Å²) in [6, 6.07) is 23.2. The number of halogens is 1. The molecule has 1 aliphatic heterocycles. The second-order valence-electron chi connectivity index (χ2n) is 8.89. The van der Waals surface area contributed by atoms with E-state index in [0.717, 1.165) is 26.7 Å². The molecule has 0 radical (unpaired) electrons. The highest BCUT2D eigenvalue weighted by Gasteiger charge is 2.41. The largest absolute Gasteiger partial charge is 0.352 e. The van der Waals surface area contributed by atoms with E-state index >= 15 is 0 Å². The number of nitrogens with one attached hydrogen (secondary N) is 2. The number of carbonyl (C=O) groups is 1. The highest BCUT2D eigenvalue weighted by Crippen LogP contribution is 2.40. The summed E-state index contributed by atoms with van der Waals surface area (Å²) in [4.78, 5) is 24.3. The fourth-order valence-electron chi connectivity index (χ4n) is 4.72. The van der Waals surface area contributed by atoms with Crippen molar-refractivity contribution in [2.24, 2.45) is 0 Å². The van der Waals surface area contributed by atoms with Gasteiger partial charge in [-0.15, -0.1) is 0 Å². The maximum absolute atomic E-state index is 13.2. The van der Waals surface area contributed by atoms with Crippen LogP contribution in [0.25, 0.3) is 15.3 Å². The first-order chi connectivity index (χ1) is 18.6. The van der Waals surface area contributed by atoms with E-state index in [2.05, 4.69) is 32.3 Å². The molecule has 2 atom stereocenters. The van der Waals surface area contributed by atoms with Crippen LogP contribution in [-0.2, 0) is 4.79 Å². The van der Waals surface area contributed by atoms with Gasteiger partial charge >= 0.3 is 0 Å². The third-order valence-electron chi connectivity index (χ3n) is 6.48. The van der Waals surface area contributed by atoms with Crippen LogP contribution in [0.15, 0.2) is 91.3 Å². The molecule has 0 saturated carbocycles. The number of aromatic nitrogens is 3. The minimum absolute atomic E-state index is 0.180. The molecule has 1 amide bonds. The number of benzene rings is 2. The van der Waals surface area contributed by atoms with Gasteiger partial charge in [-0.2, -0.15) is 0 Å². The zero-order valence-corrected chi connectivity index (χ0v) is 21.8. The van der Waals surface area contributed by atoms with Crippen LogP contribution in [-0.4, -0.2) is 37.0 Å². The molecule has 190 valence electrons. The van der Waals surface area contributed by atoms with E-state index < -0.39 is 0 Å². The van der Waals surface area contributed by atoms with Gasteiger partial charge in [-0.25, -0.2) is 9.37 Å². The van der Waals surface area contributed by atoms with Gasteiger partial charge in [-0.1, -0.05) is 29.5 Å². The van der Waals surface area contributed by atoms with E-state index in [9.17, 15) is 9.18 Å². The first kappa shape index (κ1) is 24.2. The van der Waals surface area contributed by atoms with Gasteiger partial charge < -0.3 is 15.5 Å². The number of amides is 1. The number of anilines is 1. The average Bonchev–Trinajstić information content (AvgIpc) is 3.65. The van der Waals surface area contributed by atoms with E-state index in [4.69, 9.17) is 17.2 Å². The minimum Gasteiger partial charge on any atom is -0.352 e. The highest BCUT2D eigenvalue weighted by atomic mass is 32.1. The number of thiazole rings is 1. The summed E-state index contributed by atoms with van der Waals surface area (Å²) in [5, 5.41) is 7.68. The topological polar surface area (TPSA) is 75.1 Å². The molecular formula is C28H23FN6OS2. The van der Waals surface area contributed by atoms with Crippen molar-refractivity contribution in [1.29, 1.82) is 0 Å². The standard InChI is InChI=1S/C28H23FN6OS2/c29-18-10-12-19(13-11-18)31-24(36)14-17-35-26(25(33-27(35)37)21-7-3-4-15-30-21)22-8-5-16-34(22)28-32-20-6-1-2-9-23(20)38-28/h1-13,15-16,25-26H,14,17H2,(H,31,36)(H,33,37)/t25-,26+/m0/s1. The number of rotatable bonds is 7. The van der Waals surface area contributed by atoms with Gasteiger partial charge in [0.05, 0.1) is 33.7 Å². The molecule has 6 rings (SSSR count). The predicted octanol–water partition coefficient (Wildman–Crippen LogP) is 5.62. The molecule has 4 heterocycles. The fraction of sp³-hybridized carbons (Fsp3) is 0.143. The Kier molecular flexibility index (Phi) is 6.57. The molecule has 7 nitrogen and oxygen atoms in total. The molecule has 2 N–H and O–H groups in total. The lowest BCUT2D eigenvalue weighted by Crippen LogP contribution is -2.33. The summed E-state index contributed by atoms with van der Waals surface area (Å²) in [6.45, 7) is 0.387. The quantitative estimate of drug-likeness (QED) is 0.260. The van der Waals surface area contributed by atoms with Crippen LogP contribution < -0.4 is 10.6 Å². The van der Waals surface area contributed by atoms with Gasteiger partial charge in [0, 0.05) is 31.0 Å². The van der Waals surface area contributed by atoms with E-state index in [1.165, 1.54) is 12.1 Å². The Morgan fingerprint density at radius 2 is 1.87 bits per heavy atom. The molecule has 0 unspecified atom stereocenters. The summed E-state index contributed by atoms with van der Waals surface area (Å²) in [6.07, 6.45) is 3.97. The maximum atomic E-state index is 13.2. The maximum Gasteiger partial charge on any atom is 0.226 e. The third kappa shape index (κ3) is 4.75. The monoisotopic (exact) mass is 542 g/mol. The summed E-state index contributed by atoms with van der Waals surface area (Å²) >= 11 is 7.39. The Morgan fingerprint density at radius 3 is 2.66 bits per heavy atom. The first-order valence-electron chi connectivity index (χ1n) is 12.1. The van der Waals surface area contributed by atoms with Crippen molar-refractivity contribution in [3.63, 3.8) is 0 Å². The fourth-order valence-corrected chi connectivity index (χ4v) is 6.02.